The third kappa shape index (κ3) is 9.24. The maximum absolute atomic E-state index is 13.5. The predicted molar refractivity (Wildman–Crippen MR) is 204 cm³/mol. The molecule has 0 saturated carbocycles. The lowest BCUT2D eigenvalue weighted by Gasteiger charge is -2.18. The lowest BCUT2D eigenvalue weighted by Crippen LogP contribution is -2.28. The number of nitrogens with one attached hydrogen (secondary N) is 2. The quantitative estimate of drug-likeness (QED) is 0.102. The minimum atomic E-state index is -1.08. The molecule has 11 nitrogen and oxygen atoms in total. The van der Waals surface area contributed by atoms with Crippen LogP contribution in [0.15, 0.2) is 97.0 Å². The Morgan fingerprint density at radius 3 is 2.66 bits per heavy atom. The van der Waals surface area contributed by atoms with Crippen LogP contribution >= 0.6 is 23.2 Å². The number of fused-ring (bicyclic) bond motifs is 1. The zero-order valence-corrected chi connectivity index (χ0v) is 30.7. The zero-order chi connectivity index (χ0) is 37.5. The van der Waals surface area contributed by atoms with Crippen LogP contribution in [0.4, 0.5) is 5.82 Å². The van der Waals surface area contributed by atoms with E-state index in [1.165, 1.54) is 7.11 Å². The molecule has 53 heavy (non-hydrogen) atoms. The number of carbonyl (C=O) groups excluding carboxylic acids is 1. The van der Waals surface area contributed by atoms with Gasteiger partial charge in [0, 0.05) is 49.4 Å². The molecule has 0 fully saturated rings. The molecule has 274 valence electrons. The first-order chi connectivity index (χ1) is 25.6. The smallest absolute Gasteiger partial charge is 0.306 e. The molecule has 3 heterocycles. The van der Waals surface area contributed by atoms with Crippen LogP contribution in [0.3, 0.4) is 0 Å². The average molecular weight is 757 g/mol. The molecular formula is C40H39Cl2N5O6. The largest absolute Gasteiger partial charge is 0.481 e. The van der Waals surface area contributed by atoms with Crippen LogP contribution in [0, 0.1) is 0 Å². The van der Waals surface area contributed by atoms with Crippen molar-refractivity contribution < 1.29 is 29.3 Å². The maximum atomic E-state index is 13.5. The van der Waals surface area contributed by atoms with Crippen LogP contribution in [0.5, 0.6) is 11.8 Å². The molecule has 2 aromatic carbocycles. The Hall–Kier alpha value is -5.20. The Balaban J connectivity index is 1.14. The van der Waals surface area contributed by atoms with Crippen molar-refractivity contribution in [2.24, 2.45) is 0 Å². The van der Waals surface area contributed by atoms with Gasteiger partial charge in [-0.25, -0.2) is 4.98 Å². The summed E-state index contributed by atoms with van der Waals surface area (Å²) in [7, 11) is 1.48. The van der Waals surface area contributed by atoms with Crippen molar-refractivity contribution in [3.05, 3.63) is 135 Å². The Morgan fingerprint density at radius 2 is 1.89 bits per heavy atom. The van der Waals surface area contributed by atoms with Crippen molar-refractivity contribution in [2.45, 2.75) is 51.5 Å². The van der Waals surface area contributed by atoms with E-state index < -0.39 is 12.1 Å². The van der Waals surface area contributed by atoms with Crippen molar-refractivity contribution in [1.82, 2.24) is 20.2 Å². The molecule has 6 rings (SSSR count). The van der Waals surface area contributed by atoms with E-state index in [0.29, 0.717) is 47.2 Å². The normalized spacial score (nSPS) is 15.4. The second kappa shape index (κ2) is 17.1. The molecule has 0 spiro atoms. The van der Waals surface area contributed by atoms with E-state index in [1.54, 1.807) is 24.4 Å². The first kappa shape index (κ1) is 37.6. The summed E-state index contributed by atoms with van der Waals surface area (Å²) < 4.78 is 11.9. The van der Waals surface area contributed by atoms with Gasteiger partial charge in [0.1, 0.15) is 16.9 Å². The van der Waals surface area contributed by atoms with Crippen molar-refractivity contribution in [1.29, 1.82) is 0 Å². The van der Waals surface area contributed by atoms with Crippen molar-refractivity contribution >= 4 is 40.9 Å². The van der Waals surface area contributed by atoms with E-state index in [0.717, 1.165) is 33.4 Å². The number of ether oxygens (including phenoxy) is 2. The van der Waals surface area contributed by atoms with E-state index in [-0.39, 0.29) is 42.4 Å². The van der Waals surface area contributed by atoms with Crippen LogP contribution < -0.4 is 20.1 Å². The number of methoxy groups -OCH3 is 1. The number of allylic oxidation sites excluding steroid dienone is 4. The summed E-state index contributed by atoms with van der Waals surface area (Å²) >= 11 is 13.6. The number of hydrogen-bond donors (Lipinski definition) is 4. The topological polar surface area (TPSA) is 146 Å². The van der Waals surface area contributed by atoms with E-state index in [2.05, 4.69) is 31.7 Å². The highest BCUT2D eigenvalue weighted by Crippen LogP contribution is 2.43. The fourth-order valence-electron chi connectivity index (χ4n) is 6.37. The minimum Gasteiger partial charge on any atom is -0.481 e. The van der Waals surface area contributed by atoms with Crippen LogP contribution in [-0.2, 0) is 24.3 Å². The first-order valence-corrected chi connectivity index (χ1v) is 17.8. The number of amides is 1. The molecule has 4 N–H and O–H groups in total. The van der Waals surface area contributed by atoms with Gasteiger partial charge in [0.2, 0.25) is 11.8 Å². The minimum absolute atomic E-state index is 0.0725. The van der Waals surface area contributed by atoms with Crippen molar-refractivity contribution in [3.8, 4) is 22.9 Å². The van der Waals surface area contributed by atoms with Gasteiger partial charge in [-0.3, -0.25) is 9.59 Å². The third-order valence-electron chi connectivity index (χ3n) is 8.83. The number of carboxylic acids is 1. The van der Waals surface area contributed by atoms with E-state index in [9.17, 15) is 14.7 Å². The molecule has 2 atom stereocenters. The number of aliphatic hydroxyl groups excluding tert-OH is 1. The summed E-state index contributed by atoms with van der Waals surface area (Å²) in [6.07, 6.45) is 11.5. The van der Waals surface area contributed by atoms with Crippen molar-refractivity contribution in [3.63, 3.8) is 0 Å². The van der Waals surface area contributed by atoms with Gasteiger partial charge in [0.15, 0.2) is 0 Å². The summed E-state index contributed by atoms with van der Waals surface area (Å²) in [5, 5.41) is 25.2. The van der Waals surface area contributed by atoms with E-state index in [4.69, 9.17) is 37.8 Å². The van der Waals surface area contributed by atoms with Crippen molar-refractivity contribution in [2.75, 3.05) is 19.0 Å². The number of hydrogen-bond acceptors (Lipinski definition) is 9. The highest BCUT2D eigenvalue weighted by atomic mass is 35.5. The number of aliphatic carboxylic acids is 1. The van der Waals surface area contributed by atoms with Gasteiger partial charge in [-0.05, 0) is 71.9 Å². The molecule has 1 aliphatic heterocycles. The van der Waals surface area contributed by atoms with Crippen LogP contribution in [0.25, 0.3) is 11.1 Å². The summed E-state index contributed by atoms with van der Waals surface area (Å²) in [5.41, 5.74) is 6.74. The Bertz CT molecular complexity index is 2080. The van der Waals surface area contributed by atoms with Gasteiger partial charge in [-0.1, -0.05) is 71.8 Å². The van der Waals surface area contributed by atoms with Gasteiger partial charge in [0.05, 0.1) is 30.2 Å². The van der Waals surface area contributed by atoms with Gasteiger partial charge in [-0.2, -0.15) is 4.98 Å². The molecule has 2 aromatic heterocycles. The molecule has 1 unspecified atom stereocenters. The SMILES string of the molecule is COc1nc(O[C@H]2CCc3c(-c4cccc(C(=O)Nc5ccc(CN6C=CC=CC(C)=C6)cn5)c4Cl)cccc32)c(Cl)cc1CNCC(O)CC(=O)O. The van der Waals surface area contributed by atoms with E-state index in [1.807, 2.05) is 67.7 Å². The molecule has 0 saturated heterocycles. The molecule has 1 amide bonds. The monoisotopic (exact) mass is 755 g/mol. The fourth-order valence-corrected chi connectivity index (χ4v) is 6.90. The number of carbonyl (C=O) groups is 2. The molecule has 13 heteroatoms. The summed E-state index contributed by atoms with van der Waals surface area (Å²) in [4.78, 5) is 35.4. The lowest BCUT2D eigenvalue weighted by atomic mass is 9.95. The number of halogens is 2. The van der Waals surface area contributed by atoms with Crippen LogP contribution in [-0.4, -0.2) is 56.7 Å². The number of pyridine rings is 2. The number of aromatic nitrogens is 2. The summed E-state index contributed by atoms with van der Waals surface area (Å²) in [5.74, 6) is -0.524. The van der Waals surface area contributed by atoms with E-state index >= 15 is 0 Å². The predicted octanol–water partition coefficient (Wildman–Crippen LogP) is 7.49. The second-order valence-corrected chi connectivity index (χ2v) is 13.5. The van der Waals surface area contributed by atoms with Gasteiger partial charge in [-0.15, -0.1) is 0 Å². The standard InChI is InChI=1S/C40H39Cl2N5O6/c1-24-7-3-4-16-47(22-24)23-25-12-15-35(44-19-25)45-38(51)32-11-6-10-31(37(32)42)28-8-5-9-30-29(28)13-14-34(30)53-40-33(41)17-26(39(46-40)52-2)20-43-21-27(48)18-36(49)50/h3-12,15-17,19,22,27,34,43,48H,13-14,18,20-21,23H2,1-2H3,(H,49,50)(H,44,45,51)/t27?,34-/m0/s1. The fraction of sp³-hybridized carbons (Fsp3) is 0.250. The molecule has 1 aliphatic carbocycles. The van der Waals surface area contributed by atoms with Gasteiger partial charge >= 0.3 is 5.97 Å². The molecule has 0 radical (unpaired) electrons. The Kier molecular flexibility index (Phi) is 12.1. The number of aliphatic hydroxyl groups is 1. The highest BCUT2D eigenvalue weighted by Gasteiger charge is 2.29. The number of anilines is 1. The number of rotatable bonds is 14. The second-order valence-electron chi connectivity index (χ2n) is 12.8. The Labute approximate surface area is 317 Å². The first-order valence-electron chi connectivity index (χ1n) is 17.1. The number of nitrogens with zero attached hydrogens (tertiary/aromatic N) is 3. The van der Waals surface area contributed by atoms with Gasteiger partial charge < -0.3 is 35.2 Å². The molecule has 0 bridgehead atoms. The average Bonchev–Trinajstić information content (AvgIpc) is 3.42. The zero-order valence-electron chi connectivity index (χ0n) is 29.2. The number of benzene rings is 2. The molecule has 2 aliphatic rings. The maximum Gasteiger partial charge on any atom is 0.306 e. The summed E-state index contributed by atoms with van der Waals surface area (Å²) in [6.45, 7) is 3.01. The van der Waals surface area contributed by atoms with Crippen LogP contribution in [0.1, 0.15) is 58.5 Å². The Morgan fingerprint density at radius 1 is 1.08 bits per heavy atom. The van der Waals surface area contributed by atoms with Crippen LogP contribution in [0.2, 0.25) is 10.0 Å². The lowest BCUT2D eigenvalue weighted by molar-refractivity contribution is -0.139. The molecule has 4 aromatic rings. The third-order valence-corrected chi connectivity index (χ3v) is 9.51. The number of carboxylic acid groups (broad SMARTS) is 1. The molecular weight excluding hydrogens is 717 g/mol. The summed E-state index contributed by atoms with van der Waals surface area (Å²) in [6, 6.07) is 16.7. The highest BCUT2D eigenvalue weighted by molar-refractivity contribution is 6.37. The van der Waals surface area contributed by atoms with Gasteiger partial charge in [0.25, 0.3) is 5.91 Å².